The van der Waals surface area contributed by atoms with E-state index >= 15 is 4.39 Å². The minimum absolute atomic E-state index is 0.126. The van der Waals surface area contributed by atoms with E-state index < -0.39 is 50.3 Å². The van der Waals surface area contributed by atoms with Crippen molar-refractivity contribution in [1.82, 2.24) is 14.3 Å². The lowest BCUT2D eigenvalue weighted by Crippen LogP contribution is -2.28. The summed E-state index contributed by atoms with van der Waals surface area (Å²) in [5.74, 6) is -0.967. The third-order valence-corrected chi connectivity index (χ3v) is 8.27. The molecule has 0 spiro atoms. The van der Waals surface area contributed by atoms with Gasteiger partial charge in [-0.05, 0) is 49.4 Å². The molecule has 2 aliphatic rings. The van der Waals surface area contributed by atoms with Gasteiger partial charge in [-0.25, -0.2) is 21.9 Å². The second kappa shape index (κ2) is 7.91. The van der Waals surface area contributed by atoms with Crippen molar-refractivity contribution in [3.63, 3.8) is 0 Å². The van der Waals surface area contributed by atoms with Gasteiger partial charge >= 0.3 is 6.18 Å². The minimum Gasteiger partial charge on any atom is -0.344 e. The van der Waals surface area contributed by atoms with E-state index in [0.717, 1.165) is 18.2 Å². The molecule has 0 amide bonds. The summed E-state index contributed by atoms with van der Waals surface area (Å²) in [6.07, 6.45) is -2.84. The van der Waals surface area contributed by atoms with Crippen LogP contribution in [0.2, 0.25) is 0 Å². The van der Waals surface area contributed by atoms with Crippen molar-refractivity contribution in [2.45, 2.75) is 55.9 Å². The molecule has 0 saturated heterocycles. The second-order valence-electron chi connectivity index (χ2n) is 8.81. The summed E-state index contributed by atoms with van der Waals surface area (Å²) in [5, 5.41) is -0.135. The molecule has 0 atom stereocenters. The molecule has 182 valence electrons. The van der Waals surface area contributed by atoms with Crippen LogP contribution in [0.4, 0.5) is 22.0 Å². The molecular formula is C22H20F5N3O3S. The Morgan fingerprint density at radius 3 is 2.44 bits per heavy atom. The van der Waals surface area contributed by atoms with Gasteiger partial charge in [-0.2, -0.15) is 13.2 Å². The zero-order valence-corrected chi connectivity index (χ0v) is 18.4. The monoisotopic (exact) mass is 501 g/mol. The molecular weight excluding hydrogens is 481 g/mol. The molecule has 0 aliphatic heterocycles. The number of sulfonamides is 1. The van der Waals surface area contributed by atoms with Crippen LogP contribution in [0, 0.1) is 5.82 Å². The number of pyridine rings is 1. The number of benzene rings is 1. The van der Waals surface area contributed by atoms with Crippen LogP contribution in [-0.2, 0) is 22.7 Å². The van der Waals surface area contributed by atoms with Gasteiger partial charge in [-0.3, -0.25) is 4.79 Å². The number of hydrogen-bond donors (Lipinski definition) is 2. The summed E-state index contributed by atoms with van der Waals surface area (Å²) in [4.78, 5) is 13.2. The Kier molecular flexibility index (Phi) is 5.36. The molecule has 34 heavy (non-hydrogen) atoms. The maximum atomic E-state index is 15.2. The predicted octanol–water partition coefficient (Wildman–Crippen LogP) is 4.41. The number of fused-ring (bicyclic) bond motifs is 1. The fourth-order valence-electron chi connectivity index (χ4n) is 4.33. The molecule has 2 aliphatic carbocycles. The van der Waals surface area contributed by atoms with Crippen molar-refractivity contribution in [1.29, 1.82) is 0 Å². The van der Waals surface area contributed by atoms with E-state index in [2.05, 4.69) is 4.72 Å². The summed E-state index contributed by atoms with van der Waals surface area (Å²) < 4.78 is 98.0. The van der Waals surface area contributed by atoms with Crippen molar-refractivity contribution in [3.8, 4) is 11.1 Å². The fourth-order valence-corrected chi connectivity index (χ4v) is 5.68. The smallest absolute Gasteiger partial charge is 0.344 e. The van der Waals surface area contributed by atoms with Gasteiger partial charge in [0.1, 0.15) is 17.7 Å². The maximum absolute atomic E-state index is 15.2. The van der Waals surface area contributed by atoms with Gasteiger partial charge in [0.25, 0.3) is 0 Å². The number of aromatic nitrogens is 2. The summed E-state index contributed by atoms with van der Waals surface area (Å²) in [6.45, 7) is -0.126. The van der Waals surface area contributed by atoms with Crippen LogP contribution < -0.4 is 10.3 Å². The van der Waals surface area contributed by atoms with Crippen molar-refractivity contribution >= 4 is 20.9 Å². The van der Waals surface area contributed by atoms with Gasteiger partial charge < -0.3 is 9.55 Å². The lowest BCUT2D eigenvalue weighted by Gasteiger charge is -2.31. The van der Waals surface area contributed by atoms with Gasteiger partial charge in [0, 0.05) is 46.9 Å². The summed E-state index contributed by atoms with van der Waals surface area (Å²) in [5.41, 5.74) is -2.47. The Bertz CT molecular complexity index is 1430. The largest absolute Gasteiger partial charge is 0.431 e. The van der Waals surface area contributed by atoms with Crippen molar-refractivity contribution in [3.05, 3.63) is 57.9 Å². The van der Waals surface area contributed by atoms with E-state index in [0.29, 0.717) is 29.3 Å². The molecule has 2 aromatic heterocycles. The number of hydrogen-bond acceptors (Lipinski definition) is 3. The third kappa shape index (κ3) is 4.13. The van der Waals surface area contributed by atoms with Crippen molar-refractivity contribution < 1.29 is 30.4 Å². The third-order valence-electron chi connectivity index (χ3n) is 6.37. The molecule has 2 saturated carbocycles. The number of nitrogens with one attached hydrogen (secondary N) is 2. The van der Waals surface area contributed by atoms with E-state index in [1.165, 1.54) is 6.07 Å². The van der Waals surface area contributed by atoms with Crippen LogP contribution in [0.3, 0.4) is 0 Å². The van der Waals surface area contributed by atoms with E-state index in [9.17, 15) is 30.8 Å². The number of nitrogens with zero attached hydrogens (tertiary/aromatic N) is 1. The second-order valence-corrected chi connectivity index (χ2v) is 10.9. The van der Waals surface area contributed by atoms with E-state index in [-0.39, 0.29) is 31.0 Å². The average molecular weight is 501 g/mol. The topological polar surface area (TPSA) is 84.0 Å². The molecule has 3 aromatic rings. The number of aromatic amines is 1. The first-order valence-electron chi connectivity index (χ1n) is 10.7. The zero-order chi connectivity index (χ0) is 24.4. The number of rotatable bonds is 6. The number of H-pyrrole nitrogens is 1. The minimum atomic E-state index is -4.93. The molecule has 0 radical (unpaired) electrons. The summed E-state index contributed by atoms with van der Waals surface area (Å²) >= 11 is 0. The lowest BCUT2D eigenvalue weighted by atomic mass is 9.90. The van der Waals surface area contributed by atoms with Crippen molar-refractivity contribution in [2.75, 3.05) is 0 Å². The van der Waals surface area contributed by atoms with Crippen LogP contribution in [0.15, 0.2) is 35.3 Å². The average Bonchev–Trinajstić information content (AvgIpc) is 3.53. The highest BCUT2D eigenvalue weighted by atomic mass is 32.2. The van der Waals surface area contributed by atoms with E-state index in [1.54, 1.807) is 15.7 Å². The Labute approximate surface area is 190 Å². The first-order valence-corrected chi connectivity index (χ1v) is 12.2. The first kappa shape index (κ1) is 23.0. The standard InChI is InChI=1S/C22H20F5N3O3S/c23-12-5-13(6-12)30-10-11(9-28-34(32,33)14-1-2-14)16-7-18(24)17(8-19(16)30)15-3-4-20(31)29-21(15)22(25,26)27/h3-4,7-8,10,12-14,28H,1-2,5-6,9H2,(H,29,31). The Balaban J connectivity index is 1.63. The van der Waals surface area contributed by atoms with Gasteiger partial charge in [0.05, 0.1) is 5.25 Å². The van der Waals surface area contributed by atoms with Gasteiger partial charge in [0.2, 0.25) is 15.6 Å². The lowest BCUT2D eigenvalue weighted by molar-refractivity contribution is -0.140. The van der Waals surface area contributed by atoms with E-state index in [4.69, 9.17) is 0 Å². The Hall–Kier alpha value is -2.73. The quantitative estimate of drug-likeness (QED) is 0.491. The fraction of sp³-hybridized carbons (Fsp3) is 0.409. The molecule has 0 bridgehead atoms. The van der Waals surface area contributed by atoms with Crippen LogP contribution in [-0.4, -0.2) is 29.4 Å². The Morgan fingerprint density at radius 1 is 1.12 bits per heavy atom. The molecule has 6 nitrogen and oxygen atoms in total. The normalized spacial score (nSPS) is 21.1. The predicted molar refractivity (Wildman–Crippen MR) is 115 cm³/mol. The van der Waals surface area contributed by atoms with Crippen molar-refractivity contribution in [2.24, 2.45) is 0 Å². The first-order chi connectivity index (χ1) is 15.9. The zero-order valence-electron chi connectivity index (χ0n) is 17.6. The number of halogens is 5. The summed E-state index contributed by atoms with van der Waals surface area (Å²) in [6, 6.07) is 3.79. The molecule has 2 N–H and O–H groups in total. The van der Waals surface area contributed by atoms with Gasteiger partial charge in [0.15, 0.2) is 0 Å². The highest BCUT2D eigenvalue weighted by Crippen LogP contribution is 2.41. The highest BCUT2D eigenvalue weighted by molar-refractivity contribution is 7.90. The van der Waals surface area contributed by atoms with Crippen LogP contribution in [0.5, 0.6) is 0 Å². The Morgan fingerprint density at radius 2 is 1.82 bits per heavy atom. The molecule has 5 rings (SSSR count). The highest BCUT2D eigenvalue weighted by Gasteiger charge is 2.37. The molecule has 1 aromatic carbocycles. The van der Waals surface area contributed by atoms with Gasteiger partial charge in [-0.15, -0.1) is 0 Å². The van der Waals surface area contributed by atoms with Crippen LogP contribution in [0.1, 0.15) is 43.0 Å². The summed E-state index contributed by atoms with van der Waals surface area (Å²) in [7, 11) is -3.52. The number of alkyl halides is 4. The molecule has 2 heterocycles. The van der Waals surface area contributed by atoms with Crippen LogP contribution in [0.25, 0.3) is 22.0 Å². The maximum Gasteiger partial charge on any atom is 0.431 e. The molecule has 12 heteroatoms. The van der Waals surface area contributed by atoms with Gasteiger partial charge in [-0.1, -0.05) is 0 Å². The SMILES string of the molecule is O=c1ccc(-c2cc3c(cc2F)c(CNS(=O)(=O)C2CC2)cn3C2CC(F)C2)c(C(F)(F)F)[nH]1. The van der Waals surface area contributed by atoms with Crippen LogP contribution >= 0.6 is 0 Å². The molecule has 0 unspecified atom stereocenters. The molecule has 2 fully saturated rings. The van der Waals surface area contributed by atoms with E-state index in [1.807, 2.05) is 0 Å².